The van der Waals surface area contributed by atoms with Gasteiger partial charge in [-0.3, -0.25) is 5.43 Å². The Kier molecular flexibility index (Phi) is 8.03. The number of aromatic nitrogens is 1. The van der Waals surface area contributed by atoms with E-state index in [2.05, 4.69) is 21.6 Å². The van der Waals surface area contributed by atoms with E-state index in [0.29, 0.717) is 41.1 Å². The van der Waals surface area contributed by atoms with Crippen LogP contribution in [0.25, 0.3) is 0 Å². The number of nitrogens with one attached hydrogen (secondary N) is 1. The second-order valence-corrected chi connectivity index (χ2v) is 7.26. The molecule has 0 bridgehead atoms. The highest BCUT2D eigenvalue weighted by molar-refractivity contribution is 6.31. The van der Waals surface area contributed by atoms with Crippen LogP contribution in [0.5, 0.6) is 11.5 Å². The maximum Gasteiger partial charge on any atom is 0.164 e. The van der Waals surface area contributed by atoms with Crippen molar-refractivity contribution in [3.63, 3.8) is 0 Å². The molecule has 0 saturated heterocycles. The van der Waals surface area contributed by atoms with Crippen LogP contribution in [0.15, 0.2) is 53.6 Å². The Morgan fingerprint density at radius 1 is 1.09 bits per heavy atom. The normalized spacial score (nSPS) is 10.7. The number of rotatable bonds is 9. The maximum absolute atomic E-state index is 9.51. The fourth-order valence-corrected chi connectivity index (χ4v) is 3.23. The van der Waals surface area contributed by atoms with E-state index in [1.54, 1.807) is 32.6 Å². The summed E-state index contributed by atoms with van der Waals surface area (Å²) in [6, 6.07) is 17.0. The summed E-state index contributed by atoms with van der Waals surface area (Å²) in [4.78, 5) is 4.37. The van der Waals surface area contributed by atoms with E-state index in [-0.39, 0.29) is 0 Å². The lowest BCUT2D eigenvalue weighted by Crippen LogP contribution is -2.03. The molecule has 0 aliphatic heterocycles. The van der Waals surface area contributed by atoms with E-state index in [0.717, 1.165) is 22.4 Å². The number of aryl methyl sites for hydroxylation is 1. The number of benzene rings is 2. The van der Waals surface area contributed by atoms with E-state index in [1.165, 1.54) is 0 Å². The summed E-state index contributed by atoms with van der Waals surface area (Å²) < 4.78 is 16.5. The molecule has 0 aliphatic rings. The van der Waals surface area contributed by atoms with Gasteiger partial charge >= 0.3 is 0 Å². The first-order valence-corrected chi connectivity index (χ1v) is 10.2. The molecule has 0 atom stereocenters. The quantitative estimate of drug-likeness (QED) is 0.360. The van der Waals surface area contributed by atoms with E-state index < -0.39 is 0 Å². The average molecular weight is 451 g/mol. The van der Waals surface area contributed by atoms with Crippen LogP contribution in [0, 0.1) is 18.3 Å². The molecule has 1 heterocycles. The third kappa shape index (κ3) is 5.76. The zero-order valence-corrected chi connectivity index (χ0v) is 18.8. The van der Waals surface area contributed by atoms with Crippen molar-refractivity contribution >= 4 is 23.6 Å². The Morgan fingerprint density at radius 3 is 2.62 bits per heavy atom. The van der Waals surface area contributed by atoms with E-state index in [1.807, 2.05) is 43.3 Å². The number of pyridine rings is 1. The minimum atomic E-state index is 0.317. The largest absolute Gasteiger partial charge is 0.493 e. The highest BCUT2D eigenvalue weighted by Crippen LogP contribution is 2.29. The van der Waals surface area contributed by atoms with Crippen LogP contribution in [0.2, 0.25) is 5.02 Å². The molecular weight excluding hydrogens is 428 g/mol. The number of hydrogen-bond acceptors (Lipinski definition) is 7. The minimum absolute atomic E-state index is 0.317. The third-order valence-electron chi connectivity index (χ3n) is 4.55. The molecule has 32 heavy (non-hydrogen) atoms. The van der Waals surface area contributed by atoms with Crippen molar-refractivity contribution in [2.75, 3.05) is 19.6 Å². The van der Waals surface area contributed by atoms with Gasteiger partial charge in [-0.15, -0.1) is 0 Å². The van der Waals surface area contributed by atoms with Gasteiger partial charge in [-0.25, -0.2) is 4.98 Å². The second kappa shape index (κ2) is 11.1. The summed E-state index contributed by atoms with van der Waals surface area (Å²) in [6.07, 6.45) is 1.61. The molecular formula is C24H23ClN4O3. The number of hydrogen-bond donors (Lipinski definition) is 1. The molecule has 1 N–H and O–H groups in total. The van der Waals surface area contributed by atoms with E-state index >= 15 is 0 Å². The van der Waals surface area contributed by atoms with Gasteiger partial charge in [0.1, 0.15) is 18.2 Å². The minimum Gasteiger partial charge on any atom is -0.493 e. The summed E-state index contributed by atoms with van der Waals surface area (Å²) >= 11 is 6.19. The van der Waals surface area contributed by atoms with Gasteiger partial charge in [-0.1, -0.05) is 29.8 Å². The van der Waals surface area contributed by atoms with E-state index in [4.69, 9.17) is 25.8 Å². The van der Waals surface area contributed by atoms with E-state index in [9.17, 15) is 5.26 Å². The van der Waals surface area contributed by atoms with Gasteiger partial charge in [0, 0.05) is 29.0 Å². The molecule has 2 aromatic carbocycles. The van der Waals surface area contributed by atoms with Crippen molar-refractivity contribution < 1.29 is 14.2 Å². The number of ether oxygens (including phenoxy) is 3. The van der Waals surface area contributed by atoms with Gasteiger partial charge in [0.25, 0.3) is 0 Å². The number of anilines is 1. The summed E-state index contributed by atoms with van der Waals surface area (Å²) in [6.45, 7) is 2.49. The van der Waals surface area contributed by atoms with Gasteiger partial charge < -0.3 is 14.2 Å². The van der Waals surface area contributed by atoms with Gasteiger partial charge in [0.2, 0.25) is 0 Å². The summed E-state index contributed by atoms with van der Waals surface area (Å²) in [7, 11) is 3.15. The number of methoxy groups -OCH3 is 2. The van der Waals surface area contributed by atoms with Crippen LogP contribution in [0.1, 0.15) is 27.9 Å². The first-order valence-electron chi connectivity index (χ1n) is 9.78. The van der Waals surface area contributed by atoms with Crippen molar-refractivity contribution in [1.29, 1.82) is 5.26 Å². The average Bonchev–Trinajstić information content (AvgIpc) is 2.79. The van der Waals surface area contributed by atoms with Crippen molar-refractivity contribution in [3.05, 3.63) is 81.5 Å². The first-order chi connectivity index (χ1) is 15.5. The Labute approximate surface area is 192 Å². The summed E-state index contributed by atoms with van der Waals surface area (Å²) in [5, 5.41) is 14.4. The topological polar surface area (TPSA) is 88.8 Å². The lowest BCUT2D eigenvalue weighted by Gasteiger charge is -2.12. The smallest absolute Gasteiger partial charge is 0.164 e. The fraction of sp³-hybridized carbons (Fsp3) is 0.208. The Balaban J connectivity index is 1.73. The Bertz CT molecular complexity index is 1160. The predicted molar refractivity (Wildman–Crippen MR) is 124 cm³/mol. The van der Waals surface area contributed by atoms with Gasteiger partial charge in [0.15, 0.2) is 17.3 Å². The highest BCUT2D eigenvalue weighted by atomic mass is 35.5. The molecule has 1 aromatic heterocycles. The number of hydrazone groups is 1. The Morgan fingerprint density at radius 2 is 1.91 bits per heavy atom. The molecule has 3 aromatic rings. The zero-order valence-electron chi connectivity index (χ0n) is 18.1. The molecule has 0 fully saturated rings. The molecule has 0 amide bonds. The van der Waals surface area contributed by atoms with Crippen LogP contribution in [0.4, 0.5) is 5.82 Å². The molecule has 0 unspecified atom stereocenters. The zero-order chi connectivity index (χ0) is 22.9. The molecule has 0 spiro atoms. The van der Waals surface area contributed by atoms with Gasteiger partial charge in [0.05, 0.1) is 19.9 Å². The van der Waals surface area contributed by atoms with Crippen molar-refractivity contribution in [3.8, 4) is 17.6 Å². The first kappa shape index (κ1) is 23.1. The second-order valence-electron chi connectivity index (χ2n) is 6.85. The lowest BCUT2D eigenvalue weighted by atomic mass is 10.1. The SMILES string of the molecule is COCc1cc(C)nc(N/N=C\c2ccc(OCc3ccccc3Cl)c(OC)c2)c1C#N. The molecule has 0 aliphatic carbocycles. The molecule has 164 valence electrons. The van der Waals surface area contributed by atoms with Crippen molar-refractivity contribution in [2.24, 2.45) is 5.10 Å². The van der Waals surface area contributed by atoms with Crippen molar-refractivity contribution in [1.82, 2.24) is 4.98 Å². The molecule has 0 saturated carbocycles. The number of halogens is 1. The molecule has 7 nitrogen and oxygen atoms in total. The molecule has 3 rings (SSSR count). The van der Waals surface area contributed by atoms with Gasteiger partial charge in [-0.05, 0) is 42.8 Å². The van der Waals surface area contributed by atoms with Crippen molar-refractivity contribution in [2.45, 2.75) is 20.1 Å². The highest BCUT2D eigenvalue weighted by Gasteiger charge is 2.11. The summed E-state index contributed by atoms with van der Waals surface area (Å²) in [5.74, 6) is 1.53. The van der Waals surface area contributed by atoms with Crippen LogP contribution < -0.4 is 14.9 Å². The van der Waals surface area contributed by atoms with Gasteiger partial charge in [-0.2, -0.15) is 10.4 Å². The van der Waals surface area contributed by atoms with Crippen LogP contribution in [-0.2, 0) is 18.0 Å². The monoisotopic (exact) mass is 450 g/mol. The predicted octanol–water partition coefficient (Wildman–Crippen LogP) is 5.10. The van der Waals surface area contributed by atoms with Crippen LogP contribution in [-0.4, -0.2) is 25.4 Å². The number of nitriles is 1. The molecule has 0 radical (unpaired) electrons. The Hall–Kier alpha value is -3.60. The molecule has 8 heteroatoms. The standard InChI is InChI=1S/C24H23ClN4O3/c1-16-10-19(14-30-2)20(12-26)24(28-16)29-27-13-17-8-9-22(23(11-17)31-3)32-15-18-6-4-5-7-21(18)25/h4-11,13H,14-15H2,1-3H3,(H,28,29)/b27-13-. The number of nitrogens with zero attached hydrogens (tertiary/aromatic N) is 3. The fourth-order valence-electron chi connectivity index (χ4n) is 3.04. The third-order valence-corrected chi connectivity index (χ3v) is 4.92. The van der Waals surface area contributed by atoms with Crippen LogP contribution in [0.3, 0.4) is 0 Å². The maximum atomic E-state index is 9.51. The lowest BCUT2D eigenvalue weighted by molar-refractivity contribution is 0.184. The summed E-state index contributed by atoms with van der Waals surface area (Å²) in [5.41, 5.74) is 6.43. The van der Waals surface area contributed by atoms with Crippen LogP contribution >= 0.6 is 11.6 Å².